The maximum Gasteiger partial charge on any atom is 0.118 e. The molecular weight excluding hydrogens is 143 g/mol. The summed E-state index contributed by atoms with van der Waals surface area (Å²) in [5, 5.41) is 3.03. The van der Waals surface area contributed by atoms with Crippen LogP contribution in [-0.2, 0) is 0 Å². The van der Waals surface area contributed by atoms with Crippen LogP contribution in [0.15, 0.2) is 0 Å². The first kappa shape index (κ1) is 7.50. The van der Waals surface area contributed by atoms with Crippen molar-refractivity contribution >= 4 is 0 Å². The van der Waals surface area contributed by atoms with Crippen LogP contribution in [0.3, 0.4) is 0 Å². The molecule has 3 atom stereocenters. The third-order valence-electron chi connectivity index (χ3n) is 2.84. The van der Waals surface area contributed by atoms with E-state index in [1.54, 1.807) is 0 Å². The third kappa shape index (κ3) is 1.40. The van der Waals surface area contributed by atoms with E-state index in [2.05, 4.69) is 5.32 Å². The monoisotopic (exact) mass is 158 g/mol. The molecule has 0 radical (unpaired) electrons. The van der Waals surface area contributed by atoms with Gasteiger partial charge in [0.05, 0.1) is 0 Å². The van der Waals surface area contributed by atoms with Gasteiger partial charge in [0.15, 0.2) is 0 Å². The van der Waals surface area contributed by atoms with E-state index >= 15 is 0 Å². The van der Waals surface area contributed by atoms with Gasteiger partial charge in [0.1, 0.15) is 6.17 Å². The van der Waals surface area contributed by atoms with Crippen molar-refractivity contribution in [3.63, 3.8) is 0 Å². The number of rotatable bonds is 2. The SMILES string of the molecule is NC(C1CC1)C1CNCC1F. The topological polar surface area (TPSA) is 38.0 Å². The van der Waals surface area contributed by atoms with Gasteiger partial charge in [-0.05, 0) is 18.8 Å². The van der Waals surface area contributed by atoms with Crippen LogP contribution in [0.1, 0.15) is 12.8 Å². The Morgan fingerprint density at radius 3 is 2.55 bits per heavy atom. The van der Waals surface area contributed by atoms with Gasteiger partial charge in [-0.25, -0.2) is 4.39 Å². The van der Waals surface area contributed by atoms with E-state index in [1.807, 2.05) is 0 Å². The highest BCUT2D eigenvalue weighted by atomic mass is 19.1. The van der Waals surface area contributed by atoms with Crippen molar-refractivity contribution in [2.24, 2.45) is 17.6 Å². The number of halogens is 1. The van der Waals surface area contributed by atoms with Crippen LogP contribution in [0, 0.1) is 11.8 Å². The zero-order chi connectivity index (χ0) is 7.84. The molecule has 2 nitrogen and oxygen atoms in total. The van der Waals surface area contributed by atoms with E-state index in [1.165, 1.54) is 12.8 Å². The number of nitrogens with two attached hydrogens (primary N) is 1. The first-order chi connectivity index (χ1) is 5.29. The van der Waals surface area contributed by atoms with Crippen LogP contribution < -0.4 is 11.1 Å². The average Bonchev–Trinajstić information content (AvgIpc) is 2.74. The summed E-state index contributed by atoms with van der Waals surface area (Å²) in [5.41, 5.74) is 5.89. The summed E-state index contributed by atoms with van der Waals surface area (Å²) in [5.74, 6) is 0.709. The van der Waals surface area contributed by atoms with Crippen LogP contribution >= 0.6 is 0 Å². The number of hydrogen-bond donors (Lipinski definition) is 2. The summed E-state index contributed by atoms with van der Waals surface area (Å²) >= 11 is 0. The molecule has 3 N–H and O–H groups in total. The van der Waals surface area contributed by atoms with Gasteiger partial charge in [-0.2, -0.15) is 0 Å². The standard InChI is InChI=1S/C8H15FN2/c9-7-4-11-3-6(7)8(10)5-1-2-5/h5-8,11H,1-4,10H2. The number of nitrogens with one attached hydrogen (secondary N) is 1. The van der Waals surface area contributed by atoms with Crippen molar-refractivity contribution < 1.29 is 4.39 Å². The van der Waals surface area contributed by atoms with Gasteiger partial charge in [0.25, 0.3) is 0 Å². The molecule has 0 aromatic rings. The predicted molar refractivity (Wildman–Crippen MR) is 42.0 cm³/mol. The highest BCUT2D eigenvalue weighted by Crippen LogP contribution is 2.36. The minimum Gasteiger partial charge on any atom is -0.327 e. The van der Waals surface area contributed by atoms with Crippen molar-refractivity contribution in [3.05, 3.63) is 0 Å². The Kier molecular flexibility index (Phi) is 1.85. The molecule has 1 aliphatic carbocycles. The van der Waals surface area contributed by atoms with Crippen molar-refractivity contribution in [2.75, 3.05) is 13.1 Å². The molecule has 3 unspecified atom stereocenters. The van der Waals surface area contributed by atoms with Gasteiger partial charge in [-0.15, -0.1) is 0 Å². The Labute approximate surface area is 66.3 Å². The summed E-state index contributed by atoms with van der Waals surface area (Å²) < 4.78 is 13.1. The van der Waals surface area contributed by atoms with Crippen LogP contribution in [-0.4, -0.2) is 25.3 Å². The van der Waals surface area contributed by atoms with Gasteiger partial charge in [0.2, 0.25) is 0 Å². The Bertz CT molecular complexity index is 147. The van der Waals surface area contributed by atoms with E-state index in [4.69, 9.17) is 5.73 Å². The molecule has 2 aliphatic rings. The number of alkyl halides is 1. The molecule has 11 heavy (non-hydrogen) atoms. The fourth-order valence-corrected chi connectivity index (χ4v) is 1.88. The average molecular weight is 158 g/mol. The summed E-state index contributed by atoms with van der Waals surface area (Å²) in [6.45, 7) is 1.28. The fourth-order valence-electron chi connectivity index (χ4n) is 1.88. The second-order valence-electron chi connectivity index (χ2n) is 3.75. The Hall–Kier alpha value is -0.150. The van der Waals surface area contributed by atoms with Gasteiger partial charge >= 0.3 is 0 Å². The Morgan fingerprint density at radius 1 is 1.36 bits per heavy atom. The fraction of sp³-hybridized carbons (Fsp3) is 1.00. The minimum atomic E-state index is -0.703. The molecule has 2 fully saturated rings. The predicted octanol–water partition coefficient (Wildman–Crippen LogP) is 0.281. The molecule has 0 spiro atoms. The normalized spacial score (nSPS) is 40.9. The first-order valence-corrected chi connectivity index (χ1v) is 4.39. The van der Waals surface area contributed by atoms with Crippen LogP contribution in [0.4, 0.5) is 4.39 Å². The van der Waals surface area contributed by atoms with Crippen LogP contribution in [0.5, 0.6) is 0 Å². The molecule has 1 heterocycles. The van der Waals surface area contributed by atoms with Crippen molar-refractivity contribution in [1.82, 2.24) is 5.32 Å². The minimum absolute atomic E-state index is 0.0856. The molecule has 2 rings (SSSR count). The van der Waals surface area contributed by atoms with Crippen molar-refractivity contribution in [2.45, 2.75) is 25.1 Å². The first-order valence-electron chi connectivity index (χ1n) is 4.39. The Morgan fingerprint density at radius 2 is 2.09 bits per heavy atom. The van der Waals surface area contributed by atoms with Crippen molar-refractivity contribution in [3.8, 4) is 0 Å². The zero-order valence-electron chi connectivity index (χ0n) is 6.59. The van der Waals surface area contributed by atoms with E-state index < -0.39 is 6.17 Å². The molecule has 1 saturated carbocycles. The summed E-state index contributed by atoms with van der Waals surface area (Å²) in [4.78, 5) is 0. The van der Waals surface area contributed by atoms with Gasteiger partial charge in [-0.3, -0.25) is 0 Å². The zero-order valence-corrected chi connectivity index (χ0v) is 6.59. The highest BCUT2D eigenvalue weighted by Gasteiger charge is 2.39. The van der Waals surface area contributed by atoms with Crippen LogP contribution in [0.2, 0.25) is 0 Å². The summed E-state index contributed by atoms with van der Waals surface area (Å²) in [7, 11) is 0. The molecule has 1 saturated heterocycles. The molecule has 0 bridgehead atoms. The van der Waals surface area contributed by atoms with E-state index in [0.717, 1.165) is 6.54 Å². The largest absolute Gasteiger partial charge is 0.327 e. The van der Waals surface area contributed by atoms with Crippen molar-refractivity contribution in [1.29, 1.82) is 0 Å². The maximum absolute atomic E-state index is 13.1. The quantitative estimate of drug-likeness (QED) is 0.606. The van der Waals surface area contributed by atoms with E-state index in [-0.39, 0.29) is 12.0 Å². The molecule has 0 aromatic heterocycles. The lowest BCUT2D eigenvalue weighted by atomic mass is 9.94. The molecule has 0 amide bonds. The highest BCUT2D eigenvalue weighted by molar-refractivity contribution is 4.95. The van der Waals surface area contributed by atoms with Crippen LogP contribution in [0.25, 0.3) is 0 Å². The molecular formula is C8H15FN2. The molecule has 0 aromatic carbocycles. The lowest BCUT2D eigenvalue weighted by Gasteiger charge is -2.19. The van der Waals surface area contributed by atoms with Gasteiger partial charge < -0.3 is 11.1 Å². The second kappa shape index (κ2) is 2.72. The van der Waals surface area contributed by atoms with E-state index in [9.17, 15) is 4.39 Å². The maximum atomic E-state index is 13.1. The second-order valence-corrected chi connectivity index (χ2v) is 3.75. The molecule has 1 aliphatic heterocycles. The Balaban J connectivity index is 1.91. The molecule has 64 valence electrons. The lowest BCUT2D eigenvalue weighted by molar-refractivity contribution is 0.241. The third-order valence-corrected chi connectivity index (χ3v) is 2.84. The number of hydrogen-bond acceptors (Lipinski definition) is 2. The molecule has 3 heteroatoms. The van der Waals surface area contributed by atoms with Gasteiger partial charge in [0, 0.05) is 25.0 Å². The smallest absolute Gasteiger partial charge is 0.118 e. The summed E-state index contributed by atoms with van der Waals surface area (Å²) in [6, 6.07) is 0.111. The summed E-state index contributed by atoms with van der Waals surface area (Å²) in [6.07, 6.45) is 1.72. The van der Waals surface area contributed by atoms with Gasteiger partial charge in [-0.1, -0.05) is 0 Å². The van der Waals surface area contributed by atoms with E-state index in [0.29, 0.717) is 12.5 Å². The lowest BCUT2D eigenvalue weighted by Crippen LogP contribution is -2.37.